The average molecular weight is 438 g/mol. The van der Waals surface area contributed by atoms with Gasteiger partial charge in [0.15, 0.2) is 0 Å². The Bertz CT molecular complexity index is 1010. The topological polar surface area (TPSA) is 96.3 Å². The molecule has 4 amide bonds. The molecule has 2 fully saturated rings. The number of imide groups is 1. The molecule has 2 N–H and O–H groups in total. The number of urea groups is 1. The van der Waals surface area contributed by atoms with Crippen molar-refractivity contribution in [3.63, 3.8) is 0 Å². The van der Waals surface area contributed by atoms with Crippen LogP contribution in [0.3, 0.4) is 0 Å². The van der Waals surface area contributed by atoms with Gasteiger partial charge in [-0.2, -0.15) is 5.10 Å². The molecular weight excluding hydrogens is 406 g/mol. The zero-order chi connectivity index (χ0) is 22.9. The highest BCUT2D eigenvalue weighted by molar-refractivity contribution is 6.10. The lowest BCUT2D eigenvalue weighted by atomic mass is 9.90. The molecule has 1 aliphatic heterocycles. The summed E-state index contributed by atoms with van der Waals surface area (Å²) < 4.78 is 1.68. The van der Waals surface area contributed by atoms with Gasteiger partial charge in [0.05, 0.1) is 11.4 Å². The summed E-state index contributed by atoms with van der Waals surface area (Å²) >= 11 is 0. The SMILES string of the molecule is CC(C)(C)c1cc(NC(=O)CN2C(=O)NC3(CCCCCC3)C2=O)n(-c2ccccc2)n1. The molecule has 2 aliphatic rings. The van der Waals surface area contributed by atoms with Crippen molar-refractivity contribution in [3.8, 4) is 5.69 Å². The Kier molecular flexibility index (Phi) is 5.79. The van der Waals surface area contributed by atoms with Gasteiger partial charge in [0.2, 0.25) is 5.91 Å². The molecule has 4 rings (SSSR count). The molecule has 2 aromatic rings. The molecule has 1 spiro atoms. The summed E-state index contributed by atoms with van der Waals surface area (Å²) in [5.41, 5.74) is 0.574. The summed E-state index contributed by atoms with van der Waals surface area (Å²) in [5.74, 6) is -0.217. The standard InChI is InChI=1S/C24H31N5O3/c1-23(2,3)18-15-19(29(27-18)17-11-7-6-8-12-17)25-20(30)16-28-21(31)24(26-22(28)32)13-9-4-5-10-14-24/h6-8,11-12,15H,4-5,9-10,13-14,16H2,1-3H3,(H,25,30)(H,26,32). The lowest BCUT2D eigenvalue weighted by molar-refractivity contribution is -0.134. The number of anilines is 1. The van der Waals surface area contributed by atoms with Crippen molar-refractivity contribution in [2.75, 3.05) is 11.9 Å². The molecule has 0 radical (unpaired) electrons. The lowest BCUT2D eigenvalue weighted by Gasteiger charge is -2.24. The highest BCUT2D eigenvalue weighted by Crippen LogP contribution is 2.33. The second-order valence-corrected chi connectivity index (χ2v) is 9.78. The van der Waals surface area contributed by atoms with Crippen LogP contribution in [0, 0.1) is 0 Å². The average Bonchev–Trinajstić information content (AvgIpc) is 3.15. The van der Waals surface area contributed by atoms with E-state index in [1.54, 1.807) is 4.68 Å². The third-order valence-corrected chi connectivity index (χ3v) is 6.25. The van der Waals surface area contributed by atoms with Gasteiger partial charge in [-0.25, -0.2) is 9.48 Å². The van der Waals surface area contributed by atoms with Gasteiger partial charge in [0.1, 0.15) is 17.9 Å². The highest BCUT2D eigenvalue weighted by Gasteiger charge is 2.51. The van der Waals surface area contributed by atoms with Gasteiger partial charge in [-0.05, 0) is 25.0 Å². The van der Waals surface area contributed by atoms with Crippen LogP contribution in [0.25, 0.3) is 5.69 Å². The van der Waals surface area contributed by atoms with E-state index >= 15 is 0 Å². The Labute approximate surface area is 188 Å². The van der Waals surface area contributed by atoms with E-state index in [1.165, 1.54) is 0 Å². The molecule has 1 aromatic carbocycles. The van der Waals surface area contributed by atoms with E-state index in [-0.39, 0.29) is 17.9 Å². The summed E-state index contributed by atoms with van der Waals surface area (Å²) in [6.07, 6.45) is 5.18. The van der Waals surface area contributed by atoms with Crippen LogP contribution in [0.5, 0.6) is 0 Å². The molecule has 1 saturated carbocycles. The van der Waals surface area contributed by atoms with Gasteiger partial charge in [0, 0.05) is 11.5 Å². The predicted octanol–water partition coefficient (Wildman–Crippen LogP) is 3.75. The fraction of sp³-hybridized carbons (Fsp3) is 0.500. The van der Waals surface area contributed by atoms with Crippen molar-refractivity contribution in [2.24, 2.45) is 0 Å². The third kappa shape index (κ3) is 4.26. The van der Waals surface area contributed by atoms with E-state index in [0.29, 0.717) is 18.7 Å². The molecule has 1 aliphatic carbocycles. The van der Waals surface area contributed by atoms with E-state index in [4.69, 9.17) is 0 Å². The number of carbonyl (C=O) groups is 3. The lowest BCUT2D eigenvalue weighted by Crippen LogP contribution is -2.47. The maximum Gasteiger partial charge on any atom is 0.325 e. The van der Waals surface area contributed by atoms with Gasteiger partial charge >= 0.3 is 6.03 Å². The fourth-order valence-corrected chi connectivity index (χ4v) is 4.42. The molecule has 2 heterocycles. The van der Waals surface area contributed by atoms with Crippen molar-refractivity contribution in [2.45, 2.75) is 70.3 Å². The van der Waals surface area contributed by atoms with Crippen LogP contribution in [-0.4, -0.2) is 44.6 Å². The number of amides is 4. The first kappa shape index (κ1) is 22.0. The first-order valence-electron chi connectivity index (χ1n) is 11.3. The monoisotopic (exact) mass is 437 g/mol. The molecule has 8 nitrogen and oxygen atoms in total. The largest absolute Gasteiger partial charge is 0.325 e. The van der Waals surface area contributed by atoms with Crippen molar-refractivity contribution >= 4 is 23.7 Å². The van der Waals surface area contributed by atoms with Crippen LogP contribution in [-0.2, 0) is 15.0 Å². The van der Waals surface area contributed by atoms with Crippen LogP contribution in [0.2, 0.25) is 0 Å². The highest BCUT2D eigenvalue weighted by atomic mass is 16.2. The van der Waals surface area contributed by atoms with E-state index in [0.717, 1.165) is 42.0 Å². The number of rotatable bonds is 4. The molecule has 0 unspecified atom stereocenters. The van der Waals surface area contributed by atoms with E-state index in [9.17, 15) is 14.4 Å². The number of hydrogen-bond acceptors (Lipinski definition) is 4. The van der Waals surface area contributed by atoms with Gasteiger partial charge in [-0.1, -0.05) is 64.7 Å². The zero-order valence-electron chi connectivity index (χ0n) is 19.0. The number of aromatic nitrogens is 2. The van der Waals surface area contributed by atoms with Crippen LogP contribution in [0.15, 0.2) is 36.4 Å². The quantitative estimate of drug-likeness (QED) is 0.712. The van der Waals surface area contributed by atoms with Gasteiger partial charge in [-0.3, -0.25) is 14.5 Å². The first-order valence-corrected chi connectivity index (χ1v) is 11.3. The second-order valence-electron chi connectivity index (χ2n) is 9.78. The first-order chi connectivity index (χ1) is 15.2. The number of nitrogens with one attached hydrogen (secondary N) is 2. The van der Waals surface area contributed by atoms with Crippen molar-refractivity contribution in [1.29, 1.82) is 0 Å². The minimum Gasteiger partial charge on any atom is -0.323 e. The number of carbonyl (C=O) groups excluding carboxylic acids is 3. The smallest absolute Gasteiger partial charge is 0.323 e. The summed E-state index contributed by atoms with van der Waals surface area (Å²) in [7, 11) is 0. The van der Waals surface area contributed by atoms with Crippen molar-refractivity contribution < 1.29 is 14.4 Å². The molecule has 170 valence electrons. The molecule has 1 aromatic heterocycles. The predicted molar refractivity (Wildman–Crippen MR) is 122 cm³/mol. The fourth-order valence-electron chi connectivity index (χ4n) is 4.42. The van der Waals surface area contributed by atoms with Crippen LogP contribution in [0.4, 0.5) is 10.6 Å². The van der Waals surface area contributed by atoms with Crippen LogP contribution < -0.4 is 10.6 Å². The maximum absolute atomic E-state index is 13.1. The zero-order valence-corrected chi connectivity index (χ0v) is 19.0. The summed E-state index contributed by atoms with van der Waals surface area (Å²) in [6.45, 7) is 5.83. The van der Waals surface area contributed by atoms with E-state index in [2.05, 4.69) is 36.5 Å². The Morgan fingerprint density at radius 1 is 1.09 bits per heavy atom. The second kappa shape index (κ2) is 8.41. The minimum atomic E-state index is -0.848. The van der Waals surface area contributed by atoms with Crippen LogP contribution >= 0.6 is 0 Å². The Morgan fingerprint density at radius 3 is 2.38 bits per heavy atom. The molecular formula is C24H31N5O3. The van der Waals surface area contributed by atoms with E-state index in [1.807, 2.05) is 36.4 Å². The molecule has 0 bridgehead atoms. The van der Waals surface area contributed by atoms with Crippen molar-refractivity contribution in [1.82, 2.24) is 20.0 Å². The molecule has 1 saturated heterocycles. The van der Waals surface area contributed by atoms with E-state index < -0.39 is 17.5 Å². The van der Waals surface area contributed by atoms with Gasteiger partial charge in [0.25, 0.3) is 5.91 Å². The number of benzene rings is 1. The molecule has 0 atom stereocenters. The number of nitrogens with zero attached hydrogens (tertiary/aromatic N) is 3. The Morgan fingerprint density at radius 2 is 1.75 bits per heavy atom. The molecule has 32 heavy (non-hydrogen) atoms. The van der Waals surface area contributed by atoms with Crippen molar-refractivity contribution in [3.05, 3.63) is 42.1 Å². The summed E-state index contributed by atoms with van der Waals surface area (Å²) in [5, 5.41) is 10.4. The summed E-state index contributed by atoms with van der Waals surface area (Å²) in [6, 6.07) is 10.9. The Hall–Kier alpha value is -3.16. The molecule has 8 heteroatoms. The van der Waals surface area contributed by atoms with Crippen LogP contribution in [0.1, 0.15) is 65.0 Å². The normalized spacial score (nSPS) is 18.5. The number of para-hydroxylation sites is 1. The summed E-state index contributed by atoms with van der Waals surface area (Å²) in [4.78, 5) is 39.6. The Balaban J connectivity index is 1.54. The third-order valence-electron chi connectivity index (χ3n) is 6.25. The minimum absolute atomic E-state index is 0.212. The number of hydrogen-bond donors (Lipinski definition) is 2. The van der Waals surface area contributed by atoms with Gasteiger partial charge in [-0.15, -0.1) is 0 Å². The van der Waals surface area contributed by atoms with Gasteiger partial charge < -0.3 is 10.6 Å². The maximum atomic E-state index is 13.1.